The Balaban J connectivity index is 1.54. The molecule has 0 unspecified atom stereocenters. The number of piperazine rings is 1. The molecule has 1 fully saturated rings. The maximum Gasteiger partial charge on any atom is 0.287 e. The van der Waals surface area contributed by atoms with Crippen molar-refractivity contribution < 1.29 is 14.1 Å². The lowest BCUT2D eigenvalue weighted by atomic mass is 10.2. The van der Waals surface area contributed by atoms with Crippen LogP contribution in [0.1, 0.15) is 5.56 Å². The monoisotopic (exact) mass is 373 g/mol. The van der Waals surface area contributed by atoms with Gasteiger partial charge in [0.15, 0.2) is 0 Å². The number of pyridine rings is 1. The molecule has 1 aromatic carbocycles. The van der Waals surface area contributed by atoms with Crippen molar-refractivity contribution in [3.05, 3.63) is 58.0 Å². The summed E-state index contributed by atoms with van der Waals surface area (Å²) in [5.41, 5.74) is 0.890. The average molecular weight is 373 g/mol. The number of nitro groups is 1. The summed E-state index contributed by atoms with van der Waals surface area (Å²) in [6.45, 7) is 4.56. The van der Waals surface area contributed by atoms with E-state index in [-0.39, 0.29) is 23.8 Å². The quantitative estimate of drug-likeness (QED) is 0.638. The van der Waals surface area contributed by atoms with E-state index in [9.17, 15) is 19.3 Å². The molecule has 1 aliphatic rings. The second-order valence-corrected chi connectivity index (χ2v) is 6.38. The number of halogens is 1. The molecule has 27 heavy (non-hydrogen) atoms. The first-order valence-corrected chi connectivity index (χ1v) is 8.57. The maximum atomic E-state index is 13.6. The average Bonchev–Trinajstić information content (AvgIpc) is 2.64. The normalized spacial score (nSPS) is 14.8. The van der Waals surface area contributed by atoms with Gasteiger partial charge in [-0.15, -0.1) is 0 Å². The van der Waals surface area contributed by atoms with Crippen molar-refractivity contribution in [1.82, 2.24) is 9.88 Å². The van der Waals surface area contributed by atoms with Crippen LogP contribution in [0.25, 0.3) is 0 Å². The van der Waals surface area contributed by atoms with Crippen LogP contribution in [-0.4, -0.2) is 53.4 Å². The molecule has 0 aliphatic carbocycles. The molecule has 1 saturated heterocycles. The summed E-state index contributed by atoms with van der Waals surface area (Å²) in [5, 5.41) is 13.4. The molecule has 1 N–H and O–H groups in total. The summed E-state index contributed by atoms with van der Waals surface area (Å²) < 4.78 is 13.6. The SMILES string of the molecule is Cc1cc([N+](=O)[O-])cnc1N1CCN(CC(=O)Nc2ccccc2F)CC1. The van der Waals surface area contributed by atoms with E-state index >= 15 is 0 Å². The first-order valence-electron chi connectivity index (χ1n) is 8.57. The van der Waals surface area contributed by atoms with Gasteiger partial charge in [0, 0.05) is 32.2 Å². The maximum absolute atomic E-state index is 13.6. The lowest BCUT2D eigenvalue weighted by Gasteiger charge is -2.35. The van der Waals surface area contributed by atoms with Crippen molar-refractivity contribution in [3.63, 3.8) is 0 Å². The molecular weight excluding hydrogens is 353 g/mol. The molecular formula is C18H20FN5O3. The fraction of sp³-hybridized carbons (Fsp3) is 0.333. The van der Waals surface area contributed by atoms with Gasteiger partial charge < -0.3 is 10.2 Å². The number of carbonyl (C=O) groups is 1. The summed E-state index contributed by atoms with van der Waals surface area (Å²) in [4.78, 5) is 30.7. The molecule has 142 valence electrons. The number of benzene rings is 1. The van der Waals surface area contributed by atoms with Gasteiger partial charge in [0.2, 0.25) is 5.91 Å². The van der Waals surface area contributed by atoms with E-state index in [1.54, 1.807) is 19.1 Å². The minimum absolute atomic E-state index is 0.0281. The number of para-hydroxylation sites is 1. The van der Waals surface area contributed by atoms with Crippen LogP contribution < -0.4 is 10.2 Å². The van der Waals surface area contributed by atoms with Gasteiger partial charge in [-0.05, 0) is 24.6 Å². The first kappa shape index (κ1) is 18.7. The highest BCUT2D eigenvalue weighted by Crippen LogP contribution is 2.22. The molecule has 1 aromatic heterocycles. The molecule has 2 heterocycles. The van der Waals surface area contributed by atoms with Gasteiger partial charge in [0.05, 0.1) is 17.2 Å². The highest BCUT2D eigenvalue weighted by molar-refractivity contribution is 5.92. The number of nitrogens with zero attached hydrogens (tertiary/aromatic N) is 4. The van der Waals surface area contributed by atoms with E-state index in [2.05, 4.69) is 10.3 Å². The molecule has 0 atom stereocenters. The molecule has 0 spiro atoms. The van der Waals surface area contributed by atoms with Crippen LogP contribution in [0.4, 0.5) is 21.6 Å². The molecule has 1 aliphatic heterocycles. The number of carbonyl (C=O) groups excluding carboxylic acids is 1. The smallest absolute Gasteiger partial charge is 0.287 e. The van der Waals surface area contributed by atoms with Gasteiger partial charge in [0.25, 0.3) is 5.69 Å². The van der Waals surface area contributed by atoms with Crippen LogP contribution in [0, 0.1) is 22.9 Å². The van der Waals surface area contributed by atoms with Crippen LogP contribution in [0.3, 0.4) is 0 Å². The Kier molecular flexibility index (Phi) is 5.60. The highest BCUT2D eigenvalue weighted by Gasteiger charge is 2.22. The van der Waals surface area contributed by atoms with Gasteiger partial charge in [-0.2, -0.15) is 0 Å². The van der Waals surface area contributed by atoms with Gasteiger partial charge in [0.1, 0.15) is 17.8 Å². The minimum Gasteiger partial charge on any atom is -0.354 e. The Morgan fingerprint density at radius 3 is 2.63 bits per heavy atom. The second-order valence-electron chi connectivity index (χ2n) is 6.38. The van der Waals surface area contributed by atoms with Gasteiger partial charge in [-0.25, -0.2) is 9.37 Å². The van der Waals surface area contributed by atoms with E-state index in [4.69, 9.17) is 0 Å². The van der Waals surface area contributed by atoms with E-state index in [0.29, 0.717) is 26.2 Å². The van der Waals surface area contributed by atoms with Crippen molar-refractivity contribution in [2.75, 3.05) is 42.9 Å². The van der Waals surface area contributed by atoms with Crippen molar-refractivity contribution in [2.45, 2.75) is 6.92 Å². The Labute approximate surface area is 155 Å². The van der Waals surface area contributed by atoms with E-state index in [1.165, 1.54) is 24.4 Å². The number of nitrogens with one attached hydrogen (secondary N) is 1. The lowest BCUT2D eigenvalue weighted by Crippen LogP contribution is -2.49. The van der Waals surface area contributed by atoms with E-state index in [0.717, 1.165) is 11.4 Å². The number of aryl methyl sites for hydroxylation is 1. The topological polar surface area (TPSA) is 91.6 Å². The predicted octanol–water partition coefficient (Wildman–Crippen LogP) is 2.20. The minimum atomic E-state index is -0.463. The van der Waals surface area contributed by atoms with E-state index < -0.39 is 10.7 Å². The standard InChI is InChI=1S/C18H20FN5O3/c1-13-10-14(24(26)27)11-20-18(13)23-8-6-22(7-9-23)12-17(25)21-16-5-3-2-4-15(16)19/h2-5,10-11H,6-9,12H2,1H3,(H,21,25). The fourth-order valence-corrected chi connectivity index (χ4v) is 3.06. The number of hydrogen-bond acceptors (Lipinski definition) is 6. The first-order chi connectivity index (χ1) is 12.9. The number of amides is 1. The zero-order valence-electron chi connectivity index (χ0n) is 14.9. The third kappa shape index (κ3) is 4.56. The third-order valence-corrected chi connectivity index (χ3v) is 4.43. The second kappa shape index (κ2) is 8.09. The third-order valence-electron chi connectivity index (χ3n) is 4.43. The van der Waals surface area contributed by atoms with Crippen LogP contribution >= 0.6 is 0 Å². The Hall–Kier alpha value is -3.07. The number of aromatic nitrogens is 1. The van der Waals surface area contributed by atoms with E-state index in [1.807, 2.05) is 9.80 Å². The van der Waals surface area contributed by atoms with Crippen LogP contribution in [0.2, 0.25) is 0 Å². The number of hydrogen-bond donors (Lipinski definition) is 1. The lowest BCUT2D eigenvalue weighted by molar-refractivity contribution is -0.385. The van der Waals surface area contributed by atoms with Crippen molar-refractivity contribution in [2.24, 2.45) is 0 Å². The highest BCUT2D eigenvalue weighted by atomic mass is 19.1. The molecule has 0 radical (unpaired) electrons. The molecule has 0 bridgehead atoms. The van der Waals surface area contributed by atoms with Gasteiger partial charge >= 0.3 is 0 Å². The van der Waals surface area contributed by atoms with Gasteiger partial charge in [-0.1, -0.05) is 12.1 Å². The number of anilines is 2. The Bertz CT molecular complexity index is 853. The Morgan fingerprint density at radius 2 is 2.00 bits per heavy atom. The largest absolute Gasteiger partial charge is 0.354 e. The summed E-state index contributed by atoms with van der Waals surface area (Å²) in [6, 6.07) is 7.56. The summed E-state index contributed by atoms with van der Waals surface area (Å²) in [7, 11) is 0. The molecule has 3 rings (SSSR count). The fourth-order valence-electron chi connectivity index (χ4n) is 3.06. The number of rotatable bonds is 5. The van der Waals surface area contributed by atoms with Crippen LogP contribution in [0.15, 0.2) is 36.5 Å². The molecule has 0 saturated carbocycles. The summed E-state index contributed by atoms with van der Waals surface area (Å²) in [6.07, 6.45) is 1.26. The van der Waals surface area contributed by atoms with Crippen molar-refractivity contribution in [1.29, 1.82) is 0 Å². The molecule has 2 aromatic rings. The summed E-state index contributed by atoms with van der Waals surface area (Å²) >= 11 is 0. The predicted molar refractivity (Wildman–Crippen MR) is 99.3 cm³/mol. The van der Waals surface area contributed by atoms with Crippen molar-refractivity contribution in [3.8, 4) is 0 Å². The zero-order valence-corrected chi connectivity index (χ0v) is 14.9. The van der Waals surface area contributed by atoms with Crippen LogP contribution in [-0.2, 0) is 4.79 Å². The van der Waals surface area contributed by atoms with Crippen LogP contribution in [0.5, 0.6) is 0 Å². The Morgan fingerprint density at radius 1 is 1.30 bits per heavy atom. The molecule has 1 amide bonds. The molecule has 8 nitrogen and oxygen atoms in total. The summed E-state index contributed by atoms with van der Waals surface area (Å²) in [5.74, 6) is -0.00959. The van der Waals surface area contributed by atoms with Gasteiger partial charge in [-0.3, -0.25) is 19.8 Å². The molecule has 9 heteroatoms. The zero-order chi connectivity index (χ0) is 19.4. The van der Waals surface area contributed by atoms with Crippen molar-refractivity contribution >= 4 is 23.1 Å².